The summed E-state index contributed by atoms with van der Waals surface area (Å²) in [6.07, 6.45) is 1.58. The molecule has 3 aromatic rings. The lowest BCUT2D eigenvalue weighted by molar-refractivity contribution is -0.125. The Morgan fingerprint density at radius 1 is 0.868 bits per heavy atom. The fourth-order valence-electron chi connectivity index (χ4n) is 8.15. The molecule has 0 spiro atoms. The van der Waals surface area contributed by atoms with Gasteiger partial charge in [-0.1, -0.05) is 48.3 Å². The monoisotopic (exact) mass is 788 g/mol. The minimum absolute atomic E-state index is 0. The lowest BCUT2D eigenvalue weighted by Gasteiger charge is -2.38. The maximum atomic E-state index is 14.1. The summed E-state index contributed by atoms with van der Waals surface area (Å²) in [6.45, 7) is 5.83. The molecule has 2 saturated heterocycles. The molecule has 0 saturated carbocycles. The molecular formula is C39H47Cl3N4O7. The zero-order valence-corrected chi connectivity index (χ0v) is 32.8. The largest absolute Gasteiger partial charge is 0.493 e. The van der Waals surface area contributed by atoms with E-state index in [1.54, 1.807) is 18.2 Å². The number of hydrogen-bond acceptors (Lipinski definition) is 8. The normalized spacial score (nSPS) is 20.2. The number of ether oxygens (including phenoxy) is 3. The van der Waals surface area contributed by atoms with E-state index in [0.717, 1.165) is 37.1 Å². The third-order valence-corrected chi connectivity index (χ3v) is 11.6. The van der Waals surface area contributed by atoms with Gasteiger partial charge in [0.25, 0.3) is 5.91 Å². The number of carbonyl (C=O) groups is 3. The topological polar surface area (TPSA) is 112 Å². The lowest BCUT2D eigenvalue weighted by Crippen LogP contribution is -2.54. The second-order valence-corrected chi connectivity index (χ2v) is 14.6. The highest BCUT2D eigenvalue weighted by Crippen LogP contribution is 2.44. The molecule has 2 atom stereocenters. The van der Waals surface area contributed by atoms with Crippen molar-refractivity contribution in [1.82, 2.24) is 9.80 Å². The van der Waals surface area contributed by atoms with Crippen LogP contribution in [0.5, 0.6) is 17.2 Å². The van der Waals surface area contributed by atoms with Crippen LogP contribution in [-0.4, -0.2) is 99.5 Å². The summed E-state index contributed by atoms with van der Waals surface area (Å²) in [4.78, 5) is 48.0. The number of likely N-dealkylation sites (tertiary alicyclic amines) is 2. The van der Waals surface area contributed by atoms with Gasteiger partial charge in [0.1, 0.15) is 0 Å². The second-order valence-electron chi connectivity index (χ2n) is 13.8. The van der Waals surface area contributed by atoms with Crippen molar-refractivity contribution >= 4 is 64.8 Å². The Labute approximate surface area is 327 Å². The Morgan fingerprint density at radius 2 is 1.53 bits per heavy atom. The summed E-state index contributed by atoms with van der Waals surface area (Å²) < 4.78 is 16.5. The van der Waals surface area contributed by atoms with Gasteiger partial charge in [0, 0.05) is 36.5 Å². The van der Waals surface area contributed by atoms with E-state index in [1.165, 1.54) is 26.2 Å². The Morgan fingerprint density at radius 3 is 2.11 bits per heavy atom. The van der Waals surface area contributed by atoms with Gasteiger partial charge in [-0.05, 0) is 93.7 Å². The van der Waals surface area contributed by atoms with Crippen molar-refractivity contribution in [3.63, 3.8) is 0 Å². The summed E-state index contributed by atoms with van der Waals surface area (Å²) >= 11 is 12.9. The van der Waals surface area contributed by atoms with Crippen LogP contribution in [0.1, 0.15) is 54.9 Å². The fourth-order valence-corrected chi connectivity index (χ4v) is 8.45. The number of amides is 2. The van der Waals surface area contributed by atoms with Crippen molar-refractivity contribution in [2.24, 2.45) is 5.92 Å². The van der Waals surface area contributed by atoms with Gasteiger partial charge in [-0.3, -0.25) is 9.59 Å². The van der Waals surface area contributed by atoms with Crippen molar-refractivity contribution in [2.75, 3.05) is 70.4 Å². The number of Topliss-reactive ketones (excluding diaryl/α,β-unsaturated/α-hetero) is 1. The van der Waals surface area contributed by atoms with E-state index in [-0.39, 0.29) is 35.4 Å². The van der Waals surface area contributed by atoms with Gasteiger partial charge in [0.2, 0.25) is 5.75 Å². The standard InChI is InChI=1S/C39H46Cl2N4O7.ClH/c1-5-16-44-30-8-6-7-9-31(30)45(38(48)49)36(44)34(46)25-12-17-42(18-13-25)19-14-39(27-10-11-28(40)29(41)23-27)15-20-43(24-39)37(47)26-21-32(50-2)35(52-4)33(22-26)51-3;/h6-11,21-23,25,36H,5,12-20,24H2,1-4H3,(H,48,49);1H. The first kappa shape index (κ1) is 40.3. The summed E-state index contributed by atoms with van der Waals surface area (Å²) in [7, 11) is 4.57. The van der Waals surface area contributed by atoms with E-state index >= 15 is 0 Å². The van der Waals surface area contributed by atoms with E-state index in [1.807, 2.05) is 53.1 Å². The number of rotatable bonds is 12. The van der Waals surface area contributed by atoms with Crippen molar-refractivity contribution in [1.29, 1.82) is 0 Å². The van der Waals surface area contributed by atoms with E-state index < -0.39 is 12.3 Å². The molecule has 3 aliphatic rings. The number of carboxylic acid groups (broad SMARTS) is 1. The Kier molecular flexibility index (Phi) is 13.0. The molecule has 0 radical (unpaired) electrons. The molecule has 14 heteroatoms. The molecule has 0 aromatic heterocycles. The summed E-state index contributed by atoms with van der Waals surface area (Å²) in [5.41, 5.74) is 2.43. The van der Waals surface area contributed by atoms with Crippen LogP contribution < -0.4 is 24.0 Å². The van der Waals surface area contributed by atoms with Crippen molar-refractivity contribution in [2.45, 2.75) is 50.6 Å². The van der Waals surface area contributed by atoms with Crippen LogP contribution in [-0.2, 0) is 10.2 Å². The SMILES string of the molecule is CCCN1c2ccccc2N(C(=O)O)C1C(=O)C1CCN(CCC2(c3ccc(Cl)c(Cl)c3)CCN(C(=O)c3cc(OC)c(OC)c(OC)c3)C2)CC1.Cl. The van der Waals surface area contributed by atoms with Gasteiger partial charge in [-0.2, -0.15) is 0 Å². The first-order valence-electron chi connectivity index (χ1n) is 17.7. The van der Waals surface area contributed by atoms with Crippen molar-refractivity contribution < 1.29 is 33.7 Å². The average molecular weight is 790 g/mol. The third kappa shape index (κ3) is 7.85. The molecule has 2 unspecified atom stereocenters. The molecule has 3 aliphatic heterocycles. The van der Waals surface area contributed by atoms with Crippen LogP contribution >= 0.6 is 35.6 Å². The van der Waals surface area contributed by atoms with E-state index in [0.29, 0.717) is 84.1 Å². The predicted molar refractivity (Wildman–Crippen MR) is 209 cm³/mol. The van der Waals surface area contributed by atoms with Crippen LogP contribution in [0, 0.1) is 5.92 Å². The first-order chi connectivity index (χ1) is 25.0. The zero-order valence-electron chi connectivity index (χ0n) is 30.5. The van der Waals surface area contributed by atoms with Crippen LogP contribution in [0.2, 0.25) is 10.0 Å². The third-order valence-electron chi connectivity index (χ3n) is 10.9. The smallest absolute Gasteiger partial charge is 0.414 e. The molecule has 2 fully saturated rings. The molecule has 3 heterocycles. The molecule has 53 heavy (non-hydrogen) atoms. The number of carbonyl (C=O) groups excluding carboxylic acids is 2. The number of anilines is 2. The molecule has 6 rings (SSSR count). The lowest BCUT2D eigenvalue weighted by atomic mass is 9.76. The summed E-state index contributed by atoms with van der Waals surface area (Å²) in [5.74, 6) is 0.808. The van der Waals surface area contributed by atoms with Gasteiger partial charge in [-0.25, -0.2) is 9.69 Å². The molecule has 0 aliphatic carbocycles. The highest BCUT2D eigenvalue weighted by atomic mass is 35.5. The maximum Gasteiger partial charge on any atom is 0.414 e. The Hall–Kier alpha value is -3.90. The van der Waals surface area contributed by atoms with Crippen molar-refractivity contribution in [3.05, 3.63) is 75.8 Å². The van der Waals surface area contributed by atoms with E-state index in [9.17, 15) is 19.5 Å². The van der Waals surface area contributed by atoms with Gasteiger partial charge >= 0.3 is 6.09 Å². The number of piperidine rings is 1. The number of ketones is 1. The maximum absolute atomic E-state index is 14.1. The molecule has 0 bridgehead atoms. The molecule has 11 nitrogen and oxygen atoms in total. The Balaban J connectivity index is 0.00000541. The molecule has 286 valence electrons. The van der Waals surface area contributed by atoms with Gasteiger partial charge in [0.05, 0.1) is 42.7 Å². The quantitative estimate of drug-likeness (QED) is 0.198. The number of fused-ring (bicyclic) bond motifs is 1. The number of nitrogens with zero attached hydrogens (tertiary/aromatic N) is 4. The van der Waals surface area contributed by atoms with Crippen LogP contribution in [0.4, 0.5) is 16.2 Å². The van der Waals surface area contributed by atoms with Gasteiger partial charge < -0.3 is 34.0 Å². The van der Waals surface area contributed by atoms with Gasteiger partial charge in [-0.15, -0.1) is 12.4 Å². The minimum Gasteiger partial charge on any atom is -0.493 e. The first-order valence-corrected chi connectivity index (χ1v) is 18.5. The summed E-state index contributed by atoms with van der Waals surface area (Å²) in [6, 6.07) is 16.4. The van der Waals surface area contributed by atoms with Gasteiger partial charge in [0.15, 0.2) is 23.4 Å². The average Bonchev–Trinajstić information content (AvgIpc) is 3.75. The minimum atomic E-state index is -1.12. The number of halogens is 3. The highest BCUT2D eigenvalue weighted by molar-refractivity contribution is 6.42. The van der Waals surface area contributed by atoms with Crippen molar-refractivity contribution in [3.8, 4) is 17.2 Å². The van der Waals surface area contributed by atoms with Crippen LogP contribution in [0.25, 0.3) is 0 Å². The highest BCUT2D eigenvalue weighted by Gasteiger charge is 2.46. The number of hydrogen-bond donors (Lipinski definition) is 1. The second kappa shape index (κ2) is 17.1. The Bertz CT molecular complexity index is 1800. The summed E-state index contributed by atoms with van der Waals surface area (Å²) in [5, 5.41) is 11.1. The molecule has 2 amide bonds. The van der Waals surface area contributed by atoms with Crippen LogP contribution in [0.15, 0.2) is 54.6 Å². The number of benzene rings is 3. The molecule has 3 aromatic carbocycles. The fraction of sp³-hybridized carbons (Fsp3) is 0.462. The predicted octanol–water partition coefficient (Wildman–Crippen LogP) is 7.64. The number of para-hydroxylation sites is 2. The molecule has 1 N–H and O–H groups in total. The molecular weight excluding hydrogens is 743 g/mol. The van der Waals surface area contributed by atoms with Crippen LogP contribution in [0.3, 0.4) is 0 Å². The number of methoxy groups -OCH3 is 3. The zero-order chi connectivity index (χ0) is 37.2. The van der Waals surface area contributed by atoms with E-state index in [2.05, 4.69) is 4.90 Å². The van der Waals surface area contributed by atoms with E-state index in [4.69, 9.17) is 37.4 Å².